The zero-order chi connectivity index (χ0) is 71.8. The van der Waals surface area contributed by atoms with Crippen LogP contribution in [0.25, 0.3) is 0 Å². The van der Waals surface area contributed by atoms with Crippen LogP contribution in [0.3, 0.4) is 0 Å². The first-order valence-electron chi connectivity index (χ1n) is 39.2. The molecule has 19 heteroatoms. The Morgan fingerprint density at radius 1 is 0.296 bits per heavy atom. The standard InChI is InChI=1S/C79H142O17P2/c1-5-9-13-17-21-25-29-31-33-35-36-38-39-41-45-48-52-56-60-64-77(82)90-70-75(96-79(84)66-62-58-54-50-46-42-40-37-34-32-30-26-22-18-14-10-6-2)72-94-98(87,88)92-68-73(80)67-91-97(85,86)93-71-74(95-78(83)65-61-57-53-49-44-28-24-20-16-12-8-4)69-89-76(81)63-59-55-51-47-43-27-23-19-15-11-7-3/h10,14,21-22,25-26,31-34,36,38,73-75,80H,5-9,11-13,15-20,23-24,27-30,35,37,39-72H2,1-4H3,(H,85,86)(H,87,88)/b14-10-,25-21-,26-22-,33-31-,34-32-,38-36-. The first kappa shape index (κ1) is 94.5. The highest BCUT2D eigenvalue weighted by Gasteiger charge is 2.30. The lowest BCUT2D eigenvalue weighted by molar-refractivity contribution is -0.161. The fourth-order valence-electron chi connectivity index (χ4n) is 10.7. The van der Waals surface area contributed by atoms with Crippen LogP contribution in [0.4, 0.5) is 0 Å². The molecule has 0 aliphatic heterocycles. The van der Waals surface area contributed by atoms with Crippen LogP contribution in [0, 0.1) is 0 Å². The molecule has 0 aliphatic rings. The summed E-state index contributed by atoms with van der Waals surface area (Å²) in [4.78, 5) is 72.8. The molecule has 0 aromatic carbocycles. The van der Waals surface area contributed by atoms with Crippen molar-refractivity contribution in [2.24, 2.45) is 0 Å². The van der Waals surface area contributed by atoms with Gasteiger partial charge in [0.1, 0.15) is 19.3 Å². The number of allylic oxidation sites excluding steroid dienone is 12. The summed E-state index contributed by atoms with van der Waals surface area (Å²) in [5, 5.41) is 10.6. The van der Waals surface area contributed by atoms with Crippen LogP contribution < -0.4 is 0 Å². The van der Waals surface area contributed by atoms with Gasteiger partial charge in [0.25, 0.3) is 0 Å². The van der Waals surface area contributed by atoms with Crippen molar-refractivity contribution in [2.45, 2.75) is 367 Å². The van der Waals surface area contributed by atoms with Gasteiger partial charge in [0, 0.05) is 25.7 Å². The monoisotopic (exact) mass is 1420 g/mol. The molecule has 0 spiro atoms. The molecule has 0 saturated heterocycles. The molecule has 0 amide bonds. The molecule has 17 nitrogen and oxygen atoms in total. The maximum Gasteiger partial charge on any atom is 0.472 e. The van der Waals surface area contributed by atoms with Gasteiger partial charge < -0.3 is 33.8 Å². The molecule has 0 saturated carbocycles. The van der Waals surface area contributed by atoms with E-state index in [2.05, 4.69) is 101 Å². The van der Waals surface area contributed by atoms with Gasteiger partial charge in [-0.15, -0.1) is 0 Å². The lowest BCUT2D eigenvalue weighted by Crippen LogP contribution is -2.30. The summed E-state index contributed by atoms with van der Waals surface area (Å²) in [6.45, 7) is 4.75. The third-order valence-corrected chi connectivity index (χ3v) is 18.6. The Bertz CT molecular complexity index is 2140. The molecule has 0 aromatic heterocycles. The minimum Gasteiger partial charge on any atom is -0.462 e. The Morgan fingerprint density at radius 2 is 0.531 bits per heavy atom. The van der Waals surface area contributed by atoms with Crippen molar-refractivity contribution in [1.29, 1.82) is 0 Å². The molecule has 0 bridgehead atoms. The van der Waals surface area contributed by atoms with E-state index in [9.17, 15) is 43.2 Å². The van der Waals surface area contributed by atoms with Gasteiger partial charge in [-0.25, -0.2) is 9.13 Å². The van der Waals surface area contributed by atoms with Crippen LogP contribution >= 0.6 is 15.6 Å². The molecule has 98 heavy (non-hydrogen) atoms. The van der Waals surface area contributed by atoms with E-state index in [1.165, 1.54) is 103 Å². The van der Waals surface area contributed by atoms with Crippen molar-refractivity contribution in [3.8, 4) is 0 Å². The van der Waals surface area contributed by atoms with Crippen molar-refractivity contribution in [1.82, 2.24) is 0 Å². The summed E-state index contributed by atoms with van der Waals surface area (Å²) >= 11 is 0. The molecule has 0 aliphatic carbocycles. The van der Waals surface area contributed by atoms with Gasteiger partial charge in [-0.05, 0) is 96.3 Å². The highest BCUT2D eigenvalue weighted by molar-refractivity contribution is 7.47. The molecule has 0 heterocycles. The van der Waals surface area contributed by atoms with Crippen LogP contribution in [0.1, 0.15) is 349 Å². The number of esters is 4. The van der Waals surface area contributed by atoms with Gasteiger partial charge in [0.15, 0.2) is 12.2 Å². The third kappa shape index (κ3) is 70.9. The number of ether oxygens (including phenoxy) is 4. The summed E-state index contributed by atoms with van der Waals surface area (Å²) in [7, 11) is -9.94. The number of hydrogen-bond donors (Lipinski definition) is 3. The number of carbonyl (C=O) groups is 4. The number of rotatable bonds is 74. The first-order chi connectivity index (χ1) is 47.7. The Morgan fingerprint density at radius 3 is 0.837 bits per heavy atom. The quantitative estimate of drug-likeness (QED) is 0.0169. The SMILES string of the molecule is CC/C=C\C/C=C\C/C=C\CCCCCCCCCC(=O)OC(COC(=O)CCCCCCCC/C=C\C/C=C\C/C=C\CCCCC)COP(=O)(O)OCC(O)COP(=O)(O)OCC(COC(=O)CCCCCCCCCCCCC)OC(=O)CCCCCCCCCCCCC. The Hall–Kier alpha value is -3.50. The second-order valence-corrected chi connectivity index (χ2v) is 29.2. The molecule has 0 radical (unpaired) electrons. The number of aliphatic hydroxyl groups is 1. The normalized spacial score (nSPS) is 14.3. The largest absolute Gasteiger partial charge is 0.472 e. The van der Waals surface area contributed by atoms with Gasteiger partial charge in [-0.3, -0.25) is 37.3 Å². The topological polar surface area (TPSA) is 237 Å². The molecular formula is C79H142O17P2. The Kier molecular flexibility index (Phi) is 69.3. The lowest BCUT2D eigenvalue weighted by Gasteiger charge is -2.21. The van der Waals surface area contributed by atoms with Crippen LogP contribution in [-0.4, -0.2) is 96.7 Å². The second kappa shape index (κ2) is 71.9. The van der Waals surface area contributed by atoms with E-state index in [0.29, 0.717) is 25.7 Å². The summed E-state index contributed by atoms with van der Waals surface area (Å²) in [5.41, 5.74) is 0. The molecule has 5 atom stereocenters. The van der Waals surface area contributed by atoms with E-state index in [1.807, 2.05) is 0 Å². The van der Waals surface area contributed by atoms with E-state index in [0.717, 1.165) is 167 Å². The molecular weight excluding hydrogens is 1280 g/mol. The fraction of sp³-hybridized carbons (Fsp3) is 0.797. The van der Waals surface area contributed by atoms with Crippen molar-refractivity contribution in [2.75, 3.05) is 39.6 Å². The smallest absolute Gasteiger partial charge is 0.462 e. The minimum atomic E-state index is -4.98. The fourth-order valence-corrected chi connectivity index (χ4v) is 12.3. The molecule has 570 valence electrons. The number of carbonyl (C=O) groups excluding carboxylic acids is 4. The molecule has 0 aromatic rings. The first-order valence-corrected chi connectivity index (χ1v) is 42.2. The summed E-state index contributed by atoms with van der Waals surface area (Å²) in [6.07, 6.45) is 71.7. The maximum absolute atomic E-state index is 13.1. The number of aliphatic hydroxyl groups excluding tert-OH is 1. The van der Waals surface area contributed by atoms with Gasteiger partial charge in [0.05, 0.1) is 26.4 Å². The highest BCUT2D eigenvalue weighted by atomic mass is 31.2. The van der Waals surface area contributed by atoms with Crippen molar-refractivity contribution < 1.29 is 80.2 Å². The van der Waals surface area contributed by atoms with E-state index in [4.69, 9.17) is 37.0 Å². The van der Waals surface area contributed by atoms with Crippen molar-refractivity contribution in [3.05, 3.63) is 72.9 Å². The van der Waals surface area contributed by atoms with Crippen LogP contribution in [-0.2, 0) is 65.4 Å². The number of hydrogen-bond acceptors (Lipinski definition) is 15. The zero-order valence-electron chi connectivity index (χ0n) is 62.2. The Labute approximate surface area is 596 Å². The van der Waals surface area contributed by atoms with Crippen LogP contribution in [0.15, 0.2) is 72.9 Å². The van der Waals surface area contributed by atoms with Gasteiger partial charge in [-0.1, -0.05) is 300 Å². The van der Waals surface area contributed by atoms with Crippen molar-refractivity contribution >= 4 is 39.5 Å². The number of phosphoric acid groups is 2. The number of phosphoric ester groups is 2. The van der Waals surface area contributed by atoms with Crippen molar-refractivity contribution in [3.63, 3.8) is 0 Å². The van der Waals surface area contributed by atoms with Gasteiger partial charge >= 0.3 is 39.5 Å². The van der Waals surface area contributed by atoms with Gasteiger partial charge in [-0.2, -0.15) is 0 Å². The van der Waals surface area contributed by atoms with E-state index in [-0.39, 0.29) is 25.7 Å². The third-order valence-electron chi connectivity index (χ3n) is 16.7. The van der Waals surface area contributed by atoms with Gasteiger partial charge in [0.2, 0.25) is 0 Å². The summed E-state index contributed by atoms with van der Waals surface area (Å²) < 4.78 is 68.5. The number of unbranched alkanes of at least 4 members (excludes halogenated alkanes) is 36. The predicted molar refractivity (Wildman–Crippen MR) is 400 cm³/mol. The highest BCUT2D eigenvalue weighted by Crippen LogP contribution is 2.45. The minimum absolute atomic E-state index is 0.0831. The summed E-state index contributed by atoms with van der Waals surface area (Å²) in [5.74, 6) is -2.17. The molecule has 3 N–H and O–H groups in total. The average Bonchev–Trinajstić information content (AvgIpc) is 1.06. The van der Waals surface area contributed by atoms with Crippen LogP contribution in [0.5, 0.6) is 0 Å². The predicted octanol–water partition coefficient (Wildman–Crippen LogP) is 22.4. The lowest BCUT2D eigenvalue weighted by atomic mass is 10.1. The van der Waals surface area contributed by atoms with E-state index in [1.54, 1.807) is 0 Å². The van der Waals surface area contributed by atoms with Crippen LogP contribution in [0.2, 0.25) is 0 Å². The zero-order valence-corrected chi connectivity index (χ0v) is 64.0. The molecule has 0 rings (SSSR count). The summed E-state index contributed by atoms with van der Waals surface area (Å²) in [6, 6.07) is 0. The van der Waals surface area contributed by atoms with E-state index < -0.39 is 97.5 Å². The molecule has 0 fully saturated rings. The average molecular weight is 1430 g/mol. The van der Waals surface area contributed by atoms with E-state index >= 15 is 0 Å². The second-order valence-electron chi connectivity index (χ2n) is 26.3. The Balaban J connectivity index is 5.31. The molecule has 5 unspecified atom stereocenters. The maximum atomic E-state index is 13.1.